The molecule has 0 spiro atoms. The molecule has 138 valence electrons. The Kier molecular flexibility index (Phi) is 5.39. The lowest BCUT2D eigenvalue weighted by molar-refractivity contribution is 1.09. The van der Waals surface area contributed by atoms with Gasteiger partial charge in [-0.3, -0.25) is 0 Å². The molecule has 28 heavy (non-hydrogen) atoms. The standard InChI is InChI=1S/C28H26/c1-3-21-18-22(4-2)20-25(19-21)28-26(23-12-7-5-8-13-23)16-11-17-27(28)24-14-9-6-10-15-24/h5-20H,3-4H2,1-2H3. The molecule has 4 aromatic rings. The highest BCUT2D eigenvalue weighted by atomic mass is 14.2. The number of rotatable bonds is 5. The molecular weight excluding hydrogens is 336 g/mol. The molecule has 0 unspecified atom stereocenters. The van der Waals surface area contributed by atoms with E-state index < -0.39 is 0 Å². The third-order valence-corrected chi connectivity index (χ3v) is 5.39. The van der Waals surface area contributed by atoms with Crippen molar-refractivity contribution in [3.05, 3.63) is 108 Å². The highest BCUT2D eigenvalue weighted by Crippen LogP contribution is 2.40. The topological polar surface area (TPSA) is 0 Å². The molecule has 0 aliphatic heterocycles. The highest BCUT2D eigenvalue weighted by molar-refractivity contribution is 5.94. The van der Waals surface area contributed by atoms with Gasteiger partial charge in [-0.2, -0.15) is 0 Å². The Morgan fingerprint density at radius 1 is 0.464 bits per heavy atom. The first-order chi connectivity index (χ1) is 13.8. The van der Waals surface area contributed by atoms with Crippen molar-refractivity contribution in [3.63, 3.8) is 0 Å². The van der Waals surface area contributed by atoms with Crippen molar-refractivity contribution >= 4 is 0 Å². The Balaban J connectivity index is 2.04. The predicted molar refractivity (Wildman–Crippen MR) is 122 cm³/mol. The molecule has 0 aliphatic rings. The highest BCUT2D eigenvalue weighted by Gasteiger charge is 2.15. The smallest absolute Gasteiger partial charge is 0.00266 e. The van der Waals surface area contributed by atoms with E-state index in [2.05, 4.69) is 111 Å². The first kappa shape index (κ1) is 18.3. The van der Waals surface area contributed by atoms with Crippen LogP contribution < -0.4 is 0 Å². The molecule has 0 aliphatic carbocycles. The Bertz CT molecular complexity index is 980. The summed E-state index contributed by atoms with van der Waals surface area (Å²) in [7, 11) is 0. The second-order valence-corrected chi connectivity index (χ2v) is 7.21. The van der Waals surface area contributed by atoms with Gasteiger partial charge in [-0.05, 0) is 57.3 Å². The summed E-state index contributed by atoms with van der Waals surface area (Å²) in [5.74, 6) is 0. The summed E-state index contributed by atoms with van der Waals surface area (Å²) in [5, 5.41) is 0. The lowest BCUT2D eigenvalue weighted by Crippen LogP contribution is -1.94. The summed E-state index contributed by atoms with van der Waals surface area (Å²) >= 11 is 0. The molecule has 4 rings (SSSR count). The molecular formula is C28H26. The zero-order valence-electron chi connectivity index (χ0n) is 16.7. The molecule has 0 heterocycles. The van der Waals surface area contributed by atoms with Crippen molar-refractivity contribution in [2.24, 2.45) is 0 Å². The van der Waals surface area contributed by atoms with Crippen LogP contribution in [0.4, 0.5) is 0 Å². The van der Waals surface area contributed by atoms with Crippen LogP contribution >= 0.6 is 0 Å². The number of benzene rings is 4. The van der Waals surface area contributed by atoms with E-state index in [-0.39, 0.29) is 0 Å². The van der Waals surface area contributed by atoms with Crippen LogP contribution in [0.2, 0.25) is 0 Å². The third-order valence-electron chi connectivity index (χ3n) is 5.39. The molecule has 4 aromatic carbocycles. The van der Waals surface area contributed by atoms with E-state index >= 15 is 0 Å². The minimum atomic E-state index is 1.05. The Morgan fingerprint density at radius 3 is 1.36 bits per heavy atom. The Hall–Kier alpha value is -3.12. The van der Waals surface area contributed by atoms with Crippen molar-refractivity contribution in [3.8, 4) is 33.4 Å². The van der Waals surface area contributed by atoms with E-state index in [4.69, 9.17) is 0 Å². The third kappa shape index (κ3) is 3.64. The van der Waals surface area contributed by atoms with Gasteiger partial charge in [-0.15, -0.1) is 0 Å². The van der Waals surface area contributed by atoms with Crippen LogP contribution in [-0.2, 0) is 12.8 Å². The Labute approximate surface area is 168 Å². The molecule has 0 amide bonds. The molecule has 0 fully saturated rings. The summed E-state index contributed by atoms with van der Waals surface area (Å²) in [4.78, 5) is 0. The molecule has 0 saturated heterocycles. The normalized spacial score (nSPS) is 10.8. The second-order valence-electron chi connectivity index (χ2n) is 7.21. The van der Waals surface area contributed by atoms with Crippen molar-refractivity contribution in [2.45, 2.75) is 26.7 Å². The van der Waals surface area contributed by atoms with Crippen molar-refractivity contribution < 1.29 is 0 Å². The van der Waals surface area contributed by atoms with Crippen LogP contribution in [0.1, 0.15) is 25.0 Å². The minimum Gasteiger partial charge on any atom is -0.0622 e. The van der Waals surface area contributed by atoms with E-state index in [1.807, 2.05) is 0 Å². The van der Waals surface area contributed by atoms with Crippen molar-refractivity contribution in [1.29, 1.82) is 0 Å². The number of hydrogen-bond acceptors (Lipinski definition) is 0. The van der Waals surface area contributed by atoms with Gasteiger partial charge in [0.15, 0.2) is 0 Å². The number of hydrogen-bond donors (Lipinski definition) is 0. The zero-order valence-corrected chi connectivity index (χ0v) is 16.7. The summed E-state index contributed by atoms with van der Waals surface area (Å²) in [6.45, 7) is 4.47. The van der Waals surface area contributed by atoms with Crippen LogP contribution in [-0.4, -0.2) is 0 Å². The van der Waals surface area contributed by atoms with Gasteiger partial charge in [0, 0.05) is 0 Å². The summed E-state index contributed by atoms with van der Waals surface area (Å²) in [6, 6.07) is 35.2. The lowest BCUT2D eigenvalue weighted by Gasteiger charge is -2.18. The quantitative estimate of drug-likeness (QED) is 0.339. The monoisotopic (exact) mass is 362 g/mol. The van der Waals surface area contributed by atoms with Crippen LogP contribution in [0.5, 0.6) is 0 Å². The minimum absolute atomic E-state index is 1.05. The van der Waals surface area contributed by atoms with Gasteiger partial charge in [-0.25, -0.2) is 0 Å². The molecule has 0 radical (unpaired) electrons. The summed E-state index contributed by atoms with van der Waals surface area (Å²) in [6.07, 6.45) is 2.10. The maximum absolute atomic E-state index is 2.37. The largest absolute Gasteiger partial charge is 0.0622 e. The molecule has 0 N–H and O–H groups in total. The first-order valence-electron chi connectivity index (χ1n) is 10.2. The van der Waals surface area contributed by atoms with Gasteiger partial charge in [0.2, 0.25) is 0 Å². The molecule has 0 saturated carbocycles. The van der Waals surface area contributed by atoms with E-state index in [1.165, 1.54) is 44.5 Å². The first-order valence-corrected chi connectivity index (χ1v) is 10.2. The molecule has 0 aromatic heterocycles. The molecule has 0 bridgehead atoms. The van der Waals surface area contributed by atoms with Gasteiger partial charge in [0.25, 0.3) is 0 Å². The summed E-state index contributed by atoms with van der Waals surface area (Å²) in [5.41, 5.74) is 10.5. The lowest BCUT2D eigenvalue weighted by atomic mass is 9.86. The zero-order chi connectivity index (χ0) is 19.3. The van der Waals surface area contributed by atoms with Crippen LogP contribution in [0.25, 0.3) is 33.4 Å². The fourth-order valence-electron chi connectivity index (χ4n) is 3.90. The maximum Gasteiger partial charge on any atom is -0.00266 e. The van der Waals surface area contributed by atoms with E-state index in [0.717, 1.165) is 12.8 Å². The second kappa shape index (κ2) is 8.27. The maximum atomic E-state index is 2.37. The van der Waals surface area contributed by atoms with Gasteiger partial charge in [0.05, 0.1) is 0 Å². The Morgan fingerprint density at radius 2 is 0.929 bits per heavy atom. The van der Waals surface area contributed by atoms with E-state index in [0.29, 0.717) is 0 Å². The number of aryl methyl sites for hydroxylation is 2. The molecule has 0 atom stereocenters. The molecule has 0 heteroatoms. The van der Waals surface area contributed by atoms with E-state index in [1.54, 1.807) is 0 Å². The van der Waals surface area contributed by atoms with Crippen LogP contribution in [0.3, 0.4) is 0 Å². The van der Waals surface area contributed by atoms with Gasteiger partial charge in [0.1, 0.15) is 0 Å². The average Bonchev–Trinajstić information content (AvgIpc) is 2.79. The fourth-order valence-corrected chi connectivity index (χ4v) is 3.90. The fraction of sp³-hybridized carbons (Fsp3) is 0.143. The van der Waals surface area contributed by atoms with Gasteiger partial charge in [-0.1, -0.05) is 111 Å². The van der Waals surface area contributed by atoms with Crippen molar-refractivity contribution in [1.82, 2.24) is 0 Å². The van der Waals surface area contributed by atoms with Crippen LogP contribution in [0.15, 0.2) is 97.1 Å². The summed E-state index contributed by atoms with van der Waals surface area (Å²) < 4.78 is 0. The SMILES string of the molecule is CCc1cc(CC)cc(-c2c(-c3ccccc3)cccc2-c2ccccc2)c1. The van der Waals surface area contributed by atoms with E-state index in [9.17, 15) is 0 Å². The average molecular weight is 363 g/mol. The molecule has 0 nitrogen and oxygen atoms in total. The predicted octanol–water partition coefficient (Wildman–Crippen LogP) is 7.81. The van der Waals surface area contributed by atoms with Crippen LogP contribution in [0, 0.1) is 0 Å². The van der Waals surface area contributed by atoms with Gasteiger partial charge >= 0.3 is 0 Å². The van der Waals surface area contributed by atoms with Crippen molar-refractivity contribution in [2.75, 3.05) is 0 Å². The van der Waals surface area contributed by atoms with Gasteiger partial charge < -0.3 is 0 Å².